The van der Waals surface area contributed by atoms with Crippen LogP contribution in [0.25, 0.3) is 0 Å². The smallest absolute Gasteiger partial charge is 0.304 e. The van der Waals surface area contributed by atoms with Crippen LogP contribution in [-0.2, 0) is 57.2 Å². The lowest BCUT2D eigenvalue weighted by Gasteiger charge is -2.44. The number of hydrogen-bond donors (Lipinski definition) is 1. The molecule has 0 radical (unpaired) electrons. The summed E-state index contributed by atoms with van der Waals surface area (Å²) in [6.07, 6.45) is -6.65. The highest BCUT2D eigenvalue weighted by atomic mass is 16.7. The van der Waals surface area contributed by atoms with Gasteiger partial charge in [-0.25, -0.2) is 0 Å². The quantitative estimate of drug-likeness (QED) is 0.336. The van der Waals surface area contributed by atoms with E-state index in [9.17, 15) is 28.8 Å². The van der Waals surface area contributed by atoms with Crippen molar-refractivity contribution in [2.75, 3.05) is 6.61 Å². The molecule has 1 rings (SSSR count). The maximum atomic E-state index is 11.9. The summed E-state index contributed by atoms with van der Waals surface area (Å²) in [7, 11) is 0. The van der Waals surface area contributed by atoms with Crippen LogP contribution in [-0.4, -0.2) is 79.1 Å². The van der Waals surface area contributed by atoms with E-state index in [0.717, 1.165) is 34.6 Å². The molecule has 1 fully saturated rings. The van der Waals surface area contributed by atoms with Crippen LogP contribution in [0.3, 0.4) is 0 Å². The van der Waals surface area contributed by atoms with Gasteiger partial charge in [0.1, 0.15) is 18.8 Å². The van der Waals surface area contributed by atoms with Crippen LogP contribution < -0.4 is 5.32 Å². The molecule has 1 N–H and O–H groups in total. The highest BCUT2D eigenvalue weighted by Gasteiger charge is 2.50. The Labute approximate surface area is 190 Å². The van der Waals surface area contributed by atoms with Gasteiger partial charge in [0, 0.05) is 48.0 Å². The molecule has 0 bridgehead atoms. The third-order valence-electron chi connectivity index (χ3n) is 4.23. The van der Waals surface area contributed by atoms with Crippen molar-refractivity contribution < 1.29 is 57.2 Å². The van der Waals surface area contributed by atoms with Crippen LogP contribution in [0.4, 0.5) is 0 Å². The fourth-order valence-corrected chi connectivity index (χ4v) is 3.31. The molecule has 13 nitrogen and oxygen atoms in total. The number of carbonyl (C=O) groups is 6. The van der Waals surface area contributed by atoms with Gasteiger partial charge in [-0.2, -0.15) is 0 Å². The fraction of sp³-hybridized carbons (Fsp3) is 0.700. The van der Waals surface area contributed by atoms with Crippen LogP contribution >= 0.6 is 0 Å². The van der Waals surface area contributed by atoms with Crippen molar-refractivity contribution in [2.24, 2.45) is 0 Å². The number of hydrogen-bond acceptors (Lipinski definition) is 12. The Morgan fingerprint density at radius 3 is 1.85 bits per heavy atom. The lowest BCUT2D eigenvalue weighted by Crippen LogP contribution is -2.64. The summed E-state index contributed by atoms with van der Waals surface area (Å²) >= 11 is 0. The van der Waals surface area contributed by atoms with Gasteiger partial charge in [-0.15, -0.1) is 0 Å². The summed E-state index contributed by atoms with van der Waals surface area (Å²) in [4.78, 5) is 70.0. The minimum atomic E-state index is -1.46. The zero-order valence-corrected chi connectivity index (χ0v) is 19.3. The second-order valence-corrected chi connectivity index (χ2v) is 7.27. The SMILES string of the molecule is CC(=O)N[C@H]1[C@H]([C@H](OC(C)=O)[C@@H](COC(C)=O)OC(C)=O)O[C@H](OC(C)=O)C[C@@H]1OC(C)=O. The van der Waals surface area contributed by atoms with Crippen molar-refractivity contribution in [1.82, 2.24) is 5.32 Å². The largest absolute Gasteiger partial charge is 0.462 e. The second kappa shape index (κ2) is 12.7. The van der Waals surface area contributed by atoms with Crippen LogP contribution in [0.2, 0.25) is 0 Å². The fourth-order valence-electron chi connectivity index (χ4n) is 3.31. The summed E-state index contributed by atoms with van der Waals surface area (Å²) in [6, 6.07) is -1.11. The van der Waals surface area contributed by atoms with Gasteiger partial charge >= 0.3 is 29.8 Å². The summed E-state index contributed by atoms with van der Waals surface area (Å²) in [5.74, 6) is -4.25. The Morgan fingerprint density at radius 1 is 0.818 bits per heavy atom. The average Bonchev–Trinajstić information content (AvgIpc) is 2.63. The molecule has 1 heterocycles. The van der Waals surface area contributed by atoms with Crippen molar-refractivity contribution in [3.8, 4) is 0 Å². The van der Waals surface area contributed by atoms with Gasteiger partial charge in [0.25, 0.3) is 0 Å². The molecule has 0 saturated carbocycles. The van der Waals surface area contributed by atoms with Gasteiger partial charge in [0.15, 0.2) is 12.2 Å². The van der Waals surface area contributed by atoms with Gasteiger partial charge < -0.3 is 33.7 Å². The molecule has 0 unspecified atom stereocenters. The molecule has 0 aromatic heterocycles. The maximum absolute atomic E-state index is 11.9. The molecule has 186 valence electrons. The zero-order chi connectivity index (χ0) is 25.3. The third-order valence-corrected chi connectivity index (χ3v) is 4.23. The highest BCUT2D eigenvalue weighted by Crippen LogP contribution is 2.29. The van der Waals surface area contributed by atoms with Gasteiger partial charge in [-0.3, -0.25) is 28.8 Å². The molecular weight excluding hydrogens is 446 g/mol. The average molecular weight is 475 g/mol. The normalized spacial score (nSPS) is 23.8. The molecule has 1 saturated heterocycles. The summed E-state index contributed by atoms with van der Waals surface area (Å²) in [5.41, 5.74) is 0. The predicted molar refractivity (Wildman–Crippen MR) is 106 cm³/mol. The van der Waals surface area contributed by atoms with Crippen LogP contribution in [0.5, 0.6) is 0 Å². The number of nitrogens with one attached hydrogen (secondary N) is 1. The Morgan fingerprint density at radius 2 is 1.39 bits per heavy atom. The molecule has 13 heteroatoms. The van der Waals surface area contributed by atoms with E-state index in [0.29, 0.717) is 0 Å². The molecular formula is C20H29NO12. The third kappa shape index (κ3) is 9.85. The van der Waals surface area contributed by atoms with E-state index in [2.05, 4.69) is 5.32 Å². The number of carbonyl (C=O) groups excluding carboxylic acids is 6. The summed E-state index contributed by atoms with van der Waals surface area (Å²) in [6.45, 7) is 6.23. The molecule has 0 aliphatic carbocycles. The number of esters is 5. The second-order valence-electron chi connectivity index (χ2n) is 7.27. The first kappa shape index (κ1) is 27.8. The van der Waals surface area contributed by atoms with E-state index in [1.807, 2.05) is 0 Å². The molecule has 0 aromatic carbocycles. The van der Waals surface area contributed by atoms with E-state index >= 15 is 0 Å². The monoisotopic (exact) mass is 475 g/mol. The van der Waals surface area contributed by atoms with E-state index in [-0.39, 0.29) is 6.42 Å². The molecule has 1 amide bonds. The first-order valence-corrected chi connectivity index (χ1v) is 10.0. The Hall–Kier alpha value is -3.22. The van der Waals surface area contributed by atoms with Crippen molar-refractivity contribution >= 4 is 35.8 Å². The minimum Gasteiger partial charge on any atom is -0.462 e. The van der Waals surface area contributed by atoms with E-state index in [1.54, 1.807) is 0 Å². The highest BCUT2D eigenvalue weighted by molar-refractivity contribution is 5.74. The Kier molecular flexibility index (Phi) is 10.7. The maximum Gasteiger partial charge on any atom is 0.304 e. The van der Waals surface area contributed by atoms with E-state index < -0.39 is 79.1 Å². The van der Waals surface area contributed by atoms with E-state index in [1.165, 1.54) is 6.92 Å². The van der Waals surface area contributed by atoms with Crippen molar-refractivity contribution in [3.63, 3.8) is 0 Å². The van der Waals surface area contributed by atoms with Crippen molar-refractivity contribution in [2.45, 2.75) is 84.7 Å². The van der Waals surface area contributed by atoms with Gasteiger partial charge in [0.2, 0.25) is 12.2 Å². The van der Waals surface area contributed by atoms with Crippen molar-refractivity contribution in [3.05, 3.63) is 0 Å². The van der Waals surface area contributed by atoms with Gasteiger partial charge in [0.05, 0.1) is 6.04 Å². The molecule has 0 aromatic rings. The van der Waals surface area contributed by atoms with Crippen LogP contribution in [0.1, 0.15) is 48.0 Å². The Bertz CT molecular complexity index is 766. The minimum absolute atomic E-state index is 0.143. The van der Waals surface area contributed by atoms with Crippen LogP contribution in [0, 0.1) is 0 Å². The first-order chi connectivity index (χ1) is 15.3. The standard InChI is InChI=1S/C20H29NO12/c1-9(22)21-18-15(29-11(3)24)7-17(31-13(5)26)33-20(18)19(32-14(6)27)16(30-12(4)25)8-28-10(2)23/h15-20H,7-8H2,1-6H3,(H,21,22)/t15-,16+,17-,18+,19+,20+/m0/s1. The predicted octanol–water partition coefficient (Wildman–Crippen LogP) is -0.473. The number of ether oxygens (including phenoxy) is 6. The molecule has 1 aliphatic rings. The molecule has 6 atom stereocenters. The summed E-state index contributed by atoms with van der Waals surface area (Å²) < 4.78 is 31.7. The van der Waals surface area contributed by atoms with Crippen molar-refractivity contribution in [1.29, 1.82) is 0 Å². The Balaban J connectivity index is 3.49. The van der Waals surface area contributed by atoms with Gasteiger partial charge in [-0.1, -0.05) is 0 Å². The molecule has 0 spiro atoms. The summed E-state index contributed by atoms with van der Waals surface area (Å²) in [5, 5.41) is 2.57. The molecule has 1 aliphatic heterocycles. The lowest BCUT2D eigenvalue weighted by atomic mass is 9.91. The topological polar surface area (TPSA) is 170 Å². The first-order valence-electron chi connectivity index (χ1n) is 10.0. The van der Waals surface area contributed by atoms with Crippen LogP contribution in [0.15, 0.2) is 0 Å². The molecule has 33 heavy (non-hydrogen) atoms. The lowest BCUT2D eigenvalue weighted by molar-refractivity contribution is -0.255. The van der Waals surface area contributed by atoms with Gasteiger partial charge in [-0.05, 0) is 0 Å². The number of rotatable bonds is 9. The van der Waals surface area contributed by atoms with E-state index in [4.69, 9.17) is 28.4 Å². The zero-order valence-electron chi connectivity index (χ0n) is 19.3. The number of amides is 1.